The zero-order chi connectivity index (χ0) is 12.1. The van der Waals surface area contributed by atoms with E-state index in [4.69, 9.17) is 4.55 Å². The monoisotopic (exact) mass is 236 g/mol. The van der Waals surface area contributed by atoms with E-state index in [2.05, 4.69) is 0 Å². The van der Waals surface area contributed by atoms with Crippen LogP contribution in [0.3, 0.4) is 0 Å². The lowest BCUT2D eigenvalue weighted by molar-refractivity contribution is 0.0165. The van der Waals surface area contributed by atoms with Crippen molar-refractivity contribution >= 4 is 10.1 Å². The van der Waals surface area contributed by atoms with Gasteiger partial charge in [0.25, 0.3) is 10.1 Å². The highest BCUT2D eigenvalue weighted by Gasteiger charge is 2.56. The minimum atomic E-state index is -4.05. The first-order chi connectivity index (χ1) is 6.51. The summed E-state index contributed by atoms with van der Waals surface area (Å²) in [5.41, 5.74) is -1.08. The van der Waals surface area contributed by atoms with Gasteiger partial charge in [-0.25, -0.2) is 0 Å². The van der Waals surface area contributed by atoms with E-state index in [1.54, 1.807) is 6.92 Å². The topological polar surface area (TPSA) is 74.6 Å². The van der Waals surface area contributed by atoms with Gasteiger partial charge in [0.05, 0.1) is 11.9 Å². The van der Waals surface area contributed by atoms with Crippen molar-refractivity contribution in [3.63, 3.8) is 0 Å². The molecule has 0 amide bonds. The zero-order valence-electron chi connectivity index (χ0n) is 9.69. The minimum absolute atomic E-state index is 0.235. The molecule has 5 heteroatoms. The summed E-state index contributed by atoms with van der Waals surface area (Å²) in [5.74, 6) is -0.141. The smallest absolute Gasteiger partial charge is 0.265 e. The van der Waals surface area contributed by atoms with Gasteiger partial charge in [-0.3, -0.25) is 4.55 Å². The second-order valence-electron chi connectivity index (χ2n) is 5.52. The molecule has 0 bridgehead atoms. The molecule has 1 aliphatic rings. The summed E-state index contributed by atoms with van der Waals surface area (Å²) < 4.78 is 30.9. The summed E-state index contributed by atoms with van der Waals surface area (Å²) >= 11 is 0. The first-order valence-electron chi connectivity index (χ1n) is 5.14. The number of rotatable bonds is 2. The van der Waals surface area contributed by atoms with E-state index in [-0.39, 0.29) is 17.1 Å². The van der Waals surface area contributed by atoms with Crippen molar-refractivity contribution < 1.29 is 18.1 Å². The standard InChI is InChI=1S/C10H20O4S/c1-7-5-8(11)10(4,9(7,2)3)6-15(12,13)14/h7-8,11H,5-6H2,1-4H3,(H,12,13,14). The predicted molar refractivity (Wildman–Crippen MR) is 58.1 cm³/mol. The van der Waals surface area contributed by atoms with Gasteiger partial charge in [0.1, 0.15) is 0 Å². The van der Waals surface area contributed by atoms with Crippen LogP contribution in [0, 0.1) is 16.7 Å². The molecule has 1 fully saturated rings. The van der Waals surface area contributed by atoms with Gasteiger partial charge in [0.2, 0.25) is 0 Å². The lowest BCUT2D eigenvalue weighted by Gasteiger charge is -2.41. The van der Waals surface area contributed by atoms with Crippen molar-refractivity contribution in [3.05, 3.63) is 0 Å². The molecule has 1 aliphatic carbocycles. The highest BCUT2D eigenvalue weighted by molar-refractivity contribution is 7.85. The molecule has 1 rings (SSSR count). The first kappa shape index (κ1) is 12.9. The number of aliphatic hydroxyl groups excluding tert-OH is 1. The van der Waals surface area contributed by atoms with Crippen LogP contribution >= 0.6 is 0 Å². The average molecular weight is 236 g/mol. The fraction of sp³-hybridized carbons (Fsp3) is 1.00. The van der Waals surface area contributed by atoms with Crippen molar-refractivity contribution in [3.8, 4) is 0 Å². The van der Waals surface area contributed by atoms with E-state index < -0.39 is 21.6 Å². The molecule has 1 saturated carbocycles. The van der Waals surface area contributed by atoms with Crippen molar-refractivity contribution in [2.75, 3.05) is 5.75 Å². The summed E-state index contributed by atoms with van der Waals surface area (Å²) in [5, 5.41) is 9.94. The summed E-state index contributed by atoms with van der Waals surface area (Å²) in [6, 6.07) is 0. The Morgan fingerprint density at radius 1 is 1.33 bits per heavy atom. The average Bonchev–Trinajstić information content (AvgIpc) is 2.10. The lowest BCUT2D eigenvalue weighted by Crippen LogP contribution is -2.44. The van der Waals surface area contributed by atoms with E-state index >= 15 is 0 Å². The van der Waals surface area contributed by atoms with Crippen molar-refractivity contribution in [2.45, 2.75) is 40.2 Å². The quantitative estimate of drug-likeness (QED) is 0.709. The Kier molecular flexibility index (Phi) is 2.96. The Morgan fingerprint density at radius 3 is 2.07 bits per heavy atom. The highest BCUT2D eigenvalue weighted by atomic mass is 32.2. The molecule has 0 radical (unpaired) electrons. The summed E-state index contributed by atoms with van der Waals surface area (Å²) in [7, 11) is -4.05. The first-order valence-corrected chi connectivity index (χ1v) is 6.75. The third-order valence-corrected chi connectivity index (χ3v) is 5.46. The van der Waals surface area contributed by atoms with Crippen molar-refractivity contribution in [1.82, 2.24) is 0 Å². The van der Waals surface area contributed by atoms with Gasteiger partial charge in [-0.1, -0.05) is 27.7 Å². The van der Waals surface area contributed by atoms with Gasteiger partial charge >= 0.3 is 0 Å². The molecule has 0 aliphatic heterocycles. The van der Waals surface area contributed by atoms with Crippen LogP contribution in [0.15, 0.2) is 0 Å². The lowest BCUT2D eigenvalue weighted by atomic mass is 9.66. The van der Waals surface area contributed by atoms with Crippen LogP contribution in [0.4, 0.5) is 0 Å². The number of hydrogen-bond donors (Lipinski definition) is 2. The van der Waals surface area contributed by atoms with Crippen LogP contribution in [0.1, 0.15) is 34.1 Å². The van der Waals surface area contributed by atoms with E-state index in [0.29, 0.717) is 6.42 Å². The fourth-order valence-electron chi connectivity index (χ4n) is 2.54. The Hall–Kier alpha value is -0.130. The Bertz CT molecular complexity index is 346. The van der Waals surface area contributed by atoms with Crippen molar-refractivity contribution in [1.29, 1.82) is 0 Å². The molecule has 0 spiro atoms. The largest absolute Gasteiger partial charge is 0.392 e. The molecule has 0 aromatic rings. The zero-order valence-corrected chi connectivity index (χ0v) is 10.5. The van der Waals surface area contributed by atoms with E-state index in [9.17, 15) is 13.5 Å². The fourth-order valence-corrected chi connectivity index (χ4v) is 3.87. The van der Waals surface area contributed by atoms with Crippen molar-refractivity contribution in [2.24, 2.45) is 16.7 Å². The SMILES string of the molecule is CC1CC(O)C(C)(CS(=O)(=O)O)C1(C)C. The van der Waals surface area contributed by atoms with Gasteiger partial charge in [-0.2, -0.15) is 8.42 Å². The Labute approximate surface area is 91.4 Å². The molecule has 3 unspecified atom stereocenters. The normalized spacial score (nSPS) is 40.7. The van der Waals surface area contributed by atoms with Crippen LogP contribution in [0.2, 0.25) is 0 Å². The second kappa shape index (κ2) is 3.43. The van der Waals surface area contributed by atoms with Gasteiger partial charge in [0, 0.05) is 5.41 Å². The Balaban J connectivity index is 3.10. The molecule has 0 saturated heterocycles. The van der Waals surface area contributed by atoms with Gasteiger partial charge < -0.3 is 5.11 Å². The van der Waals surface area contributed by atoms with Crippen LogP contribution in [0.5, 0.6) is 0 Å². The van der Waals surface area contributed by atoms with Gasteiger partial charge in [-0.15, -0.1) is 0 Å². The summed E-state index contributed by atoms with van der Waals surface area (Å²) in [4.78, 5) is 0. The summed E-state index contributed by atoms with van der Waals surface area (Å²) in [6.45, 7) is 7.62. The van der Waals surface area contributed by atoms with E-state index in [1.807, 2.05) is 20.8 Å². The molecule has 0 heterocycles. The van der Waals surface area contributed by atoms with Crippen LogP contribution in [0.25, 0.3) is 0 Å². The van der Waals surface area contributed by atoms with Crippen LogP contribution in [-0.4, -0.2) is 29.9 Å². The maximum atomic E-state index is 11.0. The molecular formula is C10H20O4S. The number of hydrogen-bond acceptors (Lipinski definition) is 3. The summed E-state index contributed by atoms with van der Waals surface area (Å²) in [6.07, 6.45) is -0.0941. The van der Waals surface area contributed by atoms with Gasteiger partial charge in [0.15, 0.2) is 0 Å². The molecule has 15 heavy (non-hydrogen) atoms. The van der Waals surface area contributed by atoms with E-state index in [0.717, 1.165) is 0 Å². The molecular weight excluding hydrogens is 216 g/mol. The number of aliphatic hydroxyl groups is 1. The molecule has 2 N–H and O–H groups in total. The highest BCUT2D eigenvalue weighted by Crippen LogP contribution is 2.56. The molecule has 90 valence electrons. The molecule has 0 aromatic heterocycles. The molecule has 4 nitrogen and oxygen atoms in total. The third kappa shape index (κ3) is 2.05. The van der Waals surface area contributed by atoms with Crippen LogP contribution < -0.4 is 0 Å². The predicted octanol–water partition coefficient (Wildman–Crippen LogP) is 1.31. The second-order valence-corrected chi connectivity index (χ2v) is 6.97. The molecule has 0 aromatic carbocycles. The Morgan fingerprint density at radius 2 is 1.80 bits per heavy atom. The molecule has 3 atom stereocenters. The maximum absolute atomic E-state index is 11.0. The third-order valence-electron chi connectivity index (χ3n) is 4.50. The van der Waals surface area contributed by atoms with E-state index in [1.165, 1.54) is 0 Å². The van der Waals surface area contributed by atoms with Gasteiger partial charge in [-0.05, 0) is 17.8 Å². The maximum Gasteiger partial charge on any atom is 0.265 e. The van der Waals surface area contributed by atoms with Crippen LogP contribution in [-0.2, 0) is 10.1 Å². The minimum Gasteiger partial charge on any atom is -0.392 e.